The van der Waals surface area contributed by atoms with E-state index in [1.54, 1.807) is 11.3 Å². The molecule has 1 aliphatic rings. The van der Waals surface area contributed by atoms with Crippen molar-refractivity contribution in [3.05, 3.63) is 63.3 Å². The number of amides is 1. The largest absolute Gasteiger partial charge is 0.486 e. The van der Waals surface area contributed by atoms with Gasteiger partial charge in [-0.15, -0.1) is 22.7 Å². The molecular formula is C24H23N3O4S2. The molecule has 0 saturated carbocycles. The van der Waals surface area contributed by atoms with Gasteiger partial charge in [-0.1, -0.05) is 26.0 Å². The van der Waals surface area contributed by atoms with Gasteiger partial charge in [0.2, 0.25) is 5.91 Å². The van der Waals surface area contributed by atoms with Gasteiger partial charge in [-0.05, 0) is 35.1 Å². The predicted octanol–water partition coefficient (Wildman–Crippen LogP) is 4.47. The molecule has 0 fully saturated rings. The Bertz CT molecular complexity index is 1360. The third-order valence-electron chi connectivity index (χ3n) is 5.57. The molecular weight excluding hydrogens is 458 g/mol. The first-order valence-electron chi connectivity index (χ1n) is 10.7. The van der Waals surface area contributed by atoms with Crippen LogP contribution in [0.1, 0.15) is 25.5 Å². The number of hydrogen-bond donors (Lipinski definition) is 1. The van der Waals surface area contributed by atoms with Gasteiger partial charge in [0.05, 0.1) is 17.8 Å². The number of nitrogens with zero attached hydrogens (tertiary/aromatic N) is 2. The van der Waals surface area contributed by atoms with Crippen molar-refractivity contribution >= 4 is 38.8 Å². The smallest absolute Gasteiger partial charge is 0.263 e. The van der Waals surface area contributed by atoms with Crippen LogP contribution < -0.4 is 20.3 Å². The van der Waals surface area contributed by atoms with Crippen LogP contribution in [0.4, 0.5) is 0 Å². The number of benzene rings is 1. The van der Waals surface area contributed by atoms with Gasteiger partial charge >= 0.3 is 0 Å². The van der Waals surface area contributed by atoms with Crippen LogP contribution >= 0.6 is 22.7 Å². The highest BCUT2D eigenvalue weighted by atomic mass is 32.1. The summed E-state index contributed by atoms with van der Waals surface area (Å²) in [5.41, 5.74) is 1.59. The van der Waals surface area contributed by atoms with E-state index in [2.05, 4.69) is 10.3 Å². The van der Waals surface area contributed by atoms with E-state index in [1.807, 2.05) is 54.9 Å². The second kappa shape index (κ2) is 8.99. The highest BCUT2D eigenvalue weighted by molar-refractivity contribution is 7.18. The first kappa shape index (κ1) is 21.7. The van der Waals surface area contributed by atoms with Gasteiger partial charge in [0.15, 0.2) is 11.5 Å². The van der Waals surface area contributed by atoms with E-state index in [1.165, 1.54) is 22.2 Å². The molecule has 4 heterocycles. The molecule has 170 valence electrons. The summed E-state index contributed by atoms with van der Waals surface area (Å²) in [5, 5.41) is 7.57. The van der Waals surface area contributed by atoms with Crippen LogP contribution in [0.5, 0.6) is 11.5 Å². The van der Waals surface area contributed by atoms with Gasteiger partial charge in [0, 0.05) is 15.8 Å². The fourth-order valence-electron chi connectivity index (χ4n) is 3.96. The zero-order valence-electron chi connectivity index (χ0n) is 18.2. The van der Waals surface area contributed by atoms with E-state index in [0.717, 1.165) is 16.0 Å². The minimum absolute atomic E-state index is 0.102. The second-order valence-electron chi connectivity index (χ2n) is 8.18. The molecule has 0 spiro atoms. The van der Waals surface area contributed by atoms with Crippen molar-refractivity contribution in [2.45, 2.75) is 26.4 Å². The van der Waals surface area contributed by atoms with Crippen LogP contribution in [-0.4, -0.2) is 28.7 Å². The number of carbonyl (C=O) groups is 1. The quantitative estimate of drug-likeness (QED) is 0.439. The fraction of sp³-hybridized carbons (Fsp3) is 0.292. The number of ether oxygens (including phenoxy) is 2. The lowest BCUT2D eigenvalue weighted by Gasteiger charge is -2.25. The SMILES string of the molecule is CC(C)C(NC(=O)Cn1cnc2scc(-c3cccs3)c2c1=O)c1ccc2c(c1)OCCO2. The number of carbonyl (C=O) groups excluding carboxylic acids is 1. The Morgan fingerprint density at radius 2 is 2.00 bits per heavy atom. The van der Waals surface area contributed by atoms with E-state index < -0.39 is 0 Å². The van der Waals surface area contributed by atoms with Crippen LogP contribution in [0.2, 0.25) is 0 Å². The van der Waals surface area contributed by atoms with Crippen molar-refractivity contribution in [3.63, 3.8) is 0 Å². The van der Waals surface area contributed by atoms with Gasteiger partial charge in [-0.25, -0.2) is 4.98 Å². The number of thiophene rings is 2. The molecule has 0 saturated heterocycles. The van der Waals surface area contributed by atoms with Crippen molar-refractivity contribution < 1.29 is 14.3 Å². The van der Waals surface area contributed by atoms with E-state index in [-0.39, 0.29) is 30.0 Å². The molecule has 1 unspecified atom stereocenters. The lowest BCUT2D eigenvalue weighted by Crippen LogP contribution is -2.36. The molecule has 7 nitrogen and oxygen atoms in total. The zero-order valence-corrected chi connectivity index (χ0v) is 19.9. The van der Waals surface area contributed by atoms with Crippen molar-refractivity contribution in [2.75, 3.05) is 13.2 Å². The fourth-order valence-corrected chi connectivity index (χ4v) is 5.68. The molecule has 1 amide bonds. The van der Waals surface area contributed by atoms with Crippen LogP contribution in [0.25, 0.3) is 20.7 Å². The second-order valence-corrected chi connectivity index (χ2v) is 9.98. The Kier molecular flexibility index (Phi) is 5.90. The van der Waals surface area contributed by atoms with Crippen molar-refractivity contribution in [2.24, 2.45) is 5.92 Å². The predicted molar refractivity (Wildman–Crippen MR) is 130 cm³/mol. The molecule has 9 heteroatoms. The summed E-state index contributed by atoms with van der Waals surface area (Å²) in [6.07, 6.45) is 1.45. The lowest BCUT2D eigenvalue weighted by atomic mass is 9.95. The van der Waals surface area contributed by atoms with Gasteiger partial charge in [-0.3, -0.25) is 14.2 Å². The minimum atomic E-state index is -0.250. The third kappa shape index (κ3) is 4.26. The monoisotopic (exact) mass is 481 g/mol. The molecule has 1 aromatic carbocycles. The van der Waals surface area contributed by atoms with Crippen LogP contribution in [0.15, 0.2) is 52.2 Å². The van der Waals surface area contributed by atoms with Crippen LogP contribution in [-0.2, 0) is 11.3 Å². The molecule has 3 aromatic heterocycles. The molecule has 0 radical (unpaired) electrons. The van der Waals surface area contributed by atoms with Crippen molar-refractivity contribution in [1.82, 2.24) is 14.9 Å². The maximum absolute atomic E-state index is 13.2. The highest BCUT2D eigenvalue weighted by Crippen LogP contribution is 2.35. The van der Waals surface area contributed by atoms with Crippen molar-refractivity contribution in [3.8, 4) is 21.9 Å². The summed E-state index contributed by atoms with van der Waals surface area (Å²) in [5.74, 6) is 1.28. The summed E-state index contributed by atoms with van der Waals surface area (Å²) in [6.45, 7) is 5.02. The maximum atomic E-state index is 13.2. The molecule has 1 aliphatic heterocycles. The van der Waals surface area contributed by atoms with E-state index in [0.29, 0.717) is 34.9 Å². The Balaban J connectivity index is 1.39. The molecule has 1 atom stereocenters. The normalized spacial score (nSPS) is 13.9. The molecule has 0 bridgehead atoms. The maximum Gasteiger partial charge on any atom is 0.263 e. The van der Waals surface area contributed by atoms with Gasteiger partial charge in [0.1, 0.15) is 24.6 Å². The Morgan fingerprint density at radius 3 is 2.76 bits per heavy atom. The zero-order chi connectivity index (χ0) is 22.9. The number of nitrogens with one attached hydrogen (secondary N) is 1. The number of aromatic nitrogens is 2. The third-order valence-corrected chi connectivity index (χ3v) is 7.36. The van der Waals surface area contributed by atoms with E-state index in [4.69, 9.17) is 9.47 Å². The number of rotatable bonds is 6. The minimum Gasteiger partial charge on any atom is -0.486 e. The molecule has 0 aliphatic carbocycles. The molecule has 33 heavy (non-hydrogen) atoms. The number of hydrogen-bond acceptors (Lipinski definition) is 7. The summed E-state index contributed by atoms with van der Waals surface area (Å²) in [4.78, 5) is 32.3. The van der Waals surface area contributed by atoms with E-state index >= 15 is 0 Å². The standard InChI is InChI=1S/C24H23N3O4S2/c1-14(2)22(15-5-6-17-18(10-15)31-8-7-30-17)26-20(28)11-27-13-25-23-21(24(27)29)16(12-33-23)19-4-3-9-32-19/h3-6,9-10,12-14,22H,7-8,11H2,1-2H3,(H,26,28). The topological polar surface area (TPSA) is 82.5 Å². The Morgan fingerprint density at radius 1 is 1.18 bits per heavy atom. The summed E-state index contributed by atoms with van der Waals surface area (Å²) < 4.78 is 12.7. The van der Waals surface area contributed by atoms with Gasteiger partial charge in [0.25, 0.3) is 5.56 Å². The summed E-state index contributed by atoms with van der Waals surface area (Å²) >= 11 is 3.01. The molecule has 4 aromatic rings. The first-order chi connectivity index (χ1) is 16.0. The number of fused-ring (bicyclic) bond motifs is 2. The Labute approximate surface area is 198 Å². The first-order valence-corrected chi connectivity index (χ1v) is 12.5. The summed E-state index contributed by atoms with van der Waals surface area (Å²) in [7, 11) is 0. The molecule has 5 rings (SSSR count). The summed E-state index contributed by atoms with van der Waals surface area (Å²) in [6, 6.07) is 9.43. The average Bonchev–Trinajstić information content (AvgIpc) is 3.49. The van der Waals surface area contributed by atoms with Gasteiger partial charge < -0.3 is 14.8 Å². The average molecular weight is 482 g/mol. The highest BCUT2D eigenvalue weighted by Gasteiger charge is 2.22. The van der Waals surface area contributed by atoms with Crippen LogP contribution in [0.3, 0.4) is 0 Å². The van der Waals surface area contributed by atoms with Crippen molar-refractivity contribution in [1.29, 1.82) is 0 Å². The lowest BCUT2D eigenvalue weighted by molar-refractivity contribution is -0.122. The Hall–Kier alpha value is -3.17. The van der Waals surface area contributed by atoms with E-state index in [9.17, 15) is 9.59 Å². The molecule has 1 N–H and O–H groups in total. The van der Waals surface area contributed by atoms with Crippen LogP contribution in [0, 0.1) is 5.92 Å². The van der Waals surface area contributed by atoms with Gasteiger partial charge in [-0.2, -0.15) is 0 Å².